The molecule has 4 heteroatoms. The molecule has 0 unspecified atom stereocenters. The zero-order valence-corrected chi connectivity index (χ0v) is 11.9. The average molecular weight is 287 g/mol. The van der Waals surface area contributed by atoms with Crippen molar-refractivity contribution in [3.63, 3.8) is 0 Å². The first-order chi connectivity index (χ1) is 7.56. The predicted molar refractivity (Wildman–Crippen MR) is 71.0 cm³/mol. The zero-order chi connectivity index (χ0) is 12.1. The molecule has 0 radical (unpaired) electrons. The van der Waals surface area contributed by atoms with Gasteiger partial charge in [-0.3, -0.25) is 0 Å². The number of aryl methyl sites for hydroxylation is 1. The van der Waals surface area contributed by atoms with Crippen molar-refractivity contribution in [2.24, 2.45) is 0 Å². The van der Waals surface area contributed by atoms with Crippen molar-refractivity contribution in [3.05, 3.63) is 22.3 Å². The van der Waals surface area contributed by atoms with Gasteiger partial charge in [0, 0.05) is 30.4 Å². The molecular weight excluding hydrogens is 268 g/mol. The van der Waals surface area contributed by atoms with Crippen LogP contribution in [0.3, 0.4) is 0 Å². The van der Waals surface area contributed by atoms with E-state index in [9.17, 15) is 0 Å². The van der Waals surface area contributed by atoms with Crippen LogP contribution in [0, 0.1) is 6.92 Å². The summed E-state index contributed by atoms with van der Waals surface area (Å²) in [7, 11) is 1.72. The third-order valence-electron chi connectivity index (χ3n) is 2.45. The highest BCUT2D eigenvalue weighted by Gasteiger charge is 2.13. The van der Waals surface area contributed by atoms with E-state index in [2.05, 4.69) is 52.7 Å². The second-order valence-corrected chi connectivity index (χ2v) is 4.99. The molecule has 1 rings (SSSR count). The van der Waals surface area contributed by atoms with E-state index in [1.165, 1.54) is 5.56 Å². The third-order valence-corrected chi connectivity index (χ3v) is 2.88. The molecule has 0 saturated heterocycles. The number of aromatic nitrogens is 1. The van der Waals surface area contributed by atoms with E-state index in [0.29, 0.717) is 6.04 Å². The fourth-order valence-electron chi connectivity index (χ4n) is 1.63. The molecule has 0 fully saturated rings. The number of nitrogens with zero attached hydrogens (tertiary/aromatic N) is 2. The minimum Gasteiger partial charge on any atom is -0.383 e. The maximum atomic E-state index is 5.13. The zero-order valence-electron chi connectivity index (χ0n) is 10.3. The fraction of sp³-hybridized carbons (Fsp3) is 0.583. The van der Waals surface area contributed by atoms with E-state index >= 15 is 0 Å². The lowest BCUT2D eigenvalue weighted by atomic mass is 10.2. The van der Waals surface area contributed by atoms with Gasteiger partial charge in [-0.2, -0.15) is 0 Å². The van der Waals surface area contributed by atoms with Gasteiger partial charge in [-0.05, 0) is 48.3 Å². The van der Waals surface area contributed by atoms with Crippen LogP contribution < -0.4 is 4.90 Å². The summed E-state index contributed by atoms with van der Waals surface area (Å²) in [6.07, 6.45) is 1.84. The predicted octanol–water partition coefficient (Wildman–Crippen LogP) is 3.01. The quantitative estimate of drug-likeness (QED) is 0.832. The number of halogens is 1. The molecule has 1 aromatic rings. The molecule has 0 aliphatic heterocycles. The second-order valence-electron chi connectivity index (χ2n) is 4.07. The van der Waals surface area contributed by atoms with Crippen molar-refractivity contribution in [2.45, 2.75) is 26.8 Å². The molecule has 0 bridgehead atoms. The number of hydrogen-bond donors (Lipinski definition) is 0. The van der Waals surface area contributed by atoms with E-state index in [-0.39, 0.29) is 0 Å². The van der Waals surface area contributed by atoms with Gasteiger partial charge in [0.15, 0.2) is 0 Å². The minimum atomic E-state index is 0.419. The average Bonchev–Trinajstić information content (AvgIpc) is 2.20. The number of ether oxygens (including phenoxy) is 1. The van der Waals surface area contributed by atoms with Crippen LogP contribution in [0.4, 0.5) is 5.82 Å². The Morgan fingerprint density at radius 2 is 2.19 bits per heavy atom. The van der Waals surface area contributed by atoms with Gasteiger partial charge in [-0.15, -0.1) is 0 Å². The SMILES string of the molecule is COCCN(c1ncc(Br)cc1C)C(C)C. The van der Waals surface area contributed by atoms with Gasteiger partial charge >= 0.3 is 0 Å². The van der Waals surface area contributed by atoms with Gasteiger partial charge < -0.3 is 9.64 Å². The van der Waals surface area contributed by atoms with Crippen molar-refractivity contribution < 1.29 is 4.74 Å². The molecule has 0 aliphatic rings. The van der Waals surface area contributed by atoms with Gasteiger partial charge in [-0.25, -0.2) is 4.98 Å². The van der Waals surface area contributed by atoms with Crippen LogP contribution in [-0.2, 0) is 4.74 Å². The Labute approximate surface area is 106 Å². The van der Waals surface area contributed by atoms with Crippen molar-refractivity contribution in [2.75, 3.05) is 25.2 Å². The summed E-state index contributed by atoms with van der Waals surface area (Å²) in [6.45, 7) is 7.99. The molecule has 3 nitrogen and oxygen atoms in total. The van der Waals surface area contributed by atoms with E-state index in [1.54, 1.807) is 7.11 Å². The number of anilines is 1. The lowest BCUT2D eigenvalue weighted by Crippen LogP contribution is -2.35. The highest BCUT2D eigenvalue weighted by atomic mass is 79.9. The van der Waals surface area contributed by atoms with Crippen LogP contribution in [0.25, 0.3) is 0 Å². The van der Waals surface area contributed by atoms with E-state index in [0.717, 1.165) is 23.4 Å². The first kappa shape index (κ1) is 13.5. The summed E-state index contributed by atoms with van der Waals surface area (Å²) < 4.78 is 6.15. The fourth-order valence-corrected chi connectivity index (χ4v) is 2.08. The summed E-state index contributed by atoms with van der Waals surface area (Å²) >= 11 is 3.43. The first-order valence-electron chi connectivity index (χ1n) is 5.44. The van der Waals surface area contributed by atoms with Crippen LogP contribution in [0.15, 0.2) is 16.7 Å². The Hall–Kier alpha value is -0.610. The summed E-state index contributed by atoms with van der Waals surface area (Å²) in [5, 5.41) is 0. The Morgan fingerprint density at radius 1 is 1.50 bits per heavy atom. The molecule has 1 aromatic heterocycles. The number of hydrogen-bond acceptors (Lipinski definition) is 3. The van der Waals surface area contributed by atoms with Gasteiger partial charge in [0.1, 0.15) is 5.82 Å². The second kappa shape index (κ2) is 6.21. The largest absolute Gasteiger partial charge is 0.383 e. The van der Waals surface area contributed by atoms with Crippen LogP contribution in [0.5, 0.6) is 0 Å². The molecule has 0 aromatic carbocycles. The number of pyridine rings is 1. The Morgan fingerprint density at radius 3 is 2.69 bits per heavy atom. The maximum absolute atomic E-state index is 5.13. The Kier molecular flexibility index (Phi) is 5.22. The number of methoxy groups -OCH3 is 1. The molecule has 90 valence electrons. The van der Waals surface area contributed by atoms with Crippen LogP contribution in [0.1, 0.15) is 19.4 Å². The lowest BCUT2D eigenvalue weighted by Gasteiger charge is -2.28. The molecular formula is C12H19BrN2O. The van der Waals surface area contributed by atoms with Gasteiger partial charge in [0.05, 0.1) is 6.61 Å². The molecule has 0 spiro atoms. The molecule has 1 heterocycles. The Balaban J connectivity index is 2.92. The van der Waals surface area contributed by atoms with Crippen molar-refractivity contribution in [1.82, 2.24) is 4.98 Å². The summed E-state index contributed by atoms with van der Waals surface area (Å²) in [5.74, 6) is 1.04. The van der Waals surface area contributed by atoms with Crippen molar-refractivity contribution in [1.29, 1.82) is 0 Å². The van der Waals surface area contributed by atoms with Crippen LogP contribution in [-0.4, -0.2) is 31.3 Å². The van der Waals surface area contributed by atoms with E-state index < -0.39 is 0 Å². The normalized spacial score (nSPS) is 10.9. The van der Waals surface area contributed by atoms with E-state index in [4.69, 9.17) is 4.74 Å². The lowest BCUT2D eigenvalue weighted by molar-refractivity contribution is 0.203. The summed E-state index contributed by atoms with van der Waals surface area (Å²) in [5.41, 5.74) is 1.18. The monoisotopic (exact) mass is 286 g/mol. The molecule has 0 saturated carbocycles. The molecule has 0 amide bonds. The van der Waals surface area contributed by atoms with Crippen LogP contribution >= 0.6 is 15.9 Å². The smallest absolute Gasteiger partial charge is 0.131 e. The topological polar surface area (TPSA) is 25.4 Å². The first-order valence-corrected chi connectivity index (χ1v) is 6.23. The molecule has 0 atom stereocenters. The van der Waals surface area contributed by atoms with Gasteiger partial charge in [0.25, 0.3) is 0 Å². The van der Waals surface area contributed by atoms with E-state index in [1.807, 2.05) is 6.20 Å². The standard InChI is InChI=1S/C12H19BrN2O/c1-9(2)15(5-6-16-4)12-10(3)7-11(13)8-14-12/h7-9H,5-6H2,1-4H3. The van der Waals surface area contributed by atoms with Gasteiger partial charge in [-0.1, -0.05) is 0 Å². The highest BCUT2D eigenvalue weighted by molar-refractivity contribution is 9.10. The molecule has 16 heavy (non-hydrogen) atoms. The maximum Gasteiger partial charge on any atom is 0.131 e. The van der Waals surface area contributed by atoms with Crippen molar-refractivity contribution in [3.8, 4) is 0 Å². The highest BCUT2D eigenvalue weighted by Crippen LogP contribution is 2.22. The Bertz CT molecular complexity index is 342. The number of rotatable bonds is 5. The van der Waals surface area contributed by atoms with Crippen LogP contribution in [0.2, 0.25) is 0 Å². The summed E-state index contributed by atoms with van der Waals surface area (Å²) in [6, 6.07) is 2.51. The molecule has 0 N–H and O–H groups in total. The third kappa shape index (κ3) is 3.46. The van der Waals surface area contributed by atoms with Gasteiger partial charge in [0.2, 0.25) is 0 Å². The molecule has 0 aliphatic carbocycles. The minimum absolute atomic E-state index is 0.419. The summed E-state index contributed by atoms with van der Waals surface area (Å²) in [4.78, 5) is 6.73. The van der Waals surface area contributed by atoms with Crippen molar-refractivity contribution >= 4 is 21.7 Å².